The summed E-state index contributed by atoms with van der Waals surface area (Å²) in [4.78, 5) is 11.0. The lowest BCUT2D eigenvalue weighted by atomic mass is 9.90. The number of nitrogens with zero attached hydrogens (tertiary/aromatic N) is 3. The summed E-state index contributed by atoms with van der Waals surface area (Å²) in [5, 5.41) is 14.0. The zero-order valence-electron chi connectivity index (χ0n) is 16.5. The number of aromatic nitrogens is 2. The Hall–Kier alpha value is -2.80. The van der Waals surface area contributed by atoms with Gasteiger partial charge in [0.25, 0.3) is 0 Å². The number of nitrogens with one attached hydrogen (secondary N) is 1. The first kappa shape index (κ1) is 19.5. The van der Waals surface area contributed by atoms with Crippen molar-refractivity contribution in [1.82, 2.24) is 14.9 Å². The topological polar surface area (TPSA) is 61.3 Å². The van der Waals surface area contributed by atoms with Crippen LogP contribution in [0.3, 0.4) is 0 Å². The van der Waals surface area contributed by atoms with Crippen molar-refractivity contribution in [2.75, 3.05) is 19.4 Å². The van der Waals surface area contributed by atoms with E-state index in [0.29, 0.717) is 23.2 Å². The van der Waals surface area contributed by atoms with Crippen molar-refractivity contribution in [2.45, 2.75) is 37.8 Å². The van der Waals surface area contributed by atoms with E-state index in [1.165, 1.54) is 12.4 Å². The summed E-state index contributed by atoms with van der Waals surface area (Å²) in [5.41, 5.74) is 1.81. The summed E-state index contributed by atoms with van der Waals surface area (Å²) < 4.78 is 27.2. The summed E-state index contributed by atoms with van der Waals surface area (Å²) in [5.74, 6) is -2.30. The molecule has 1 aliphatic carbocycles. The highest BCUT2D eigenvalue weighted by atomic mass is 19.2. The van der Waals surface area contributed by atoms with Crippen LogP contribution in [-0.2, 0) is 0 Å². The molecule has 7 heteroatoms. The third kappa shape index (κ3) is 4.00. The summed E-state index contributed by atoms with van der Waals surface area (Å²) in [6.45, 7) is 0. The first-order chi connectivity index (χ1) is 13.9. The zero-order chi connectivity index (χ0) is 20.5. The molecule has 0 bridgehead atoms. The van der Waals surface area contributed by atoms with Gasteiger partial charge in [-0.25, -0.2) is 14.4 Å². The number of rotatable bonds is 4. The first-order valence-electron chi connectivity index (χ1n) is 9.78. The number of hydrogen-bond donors (Lipinski definition) is 2. The number of fused-ring (bicyclic) bond motifs is 1. The van der Waals surface area contributed by atoms with Crippen LogP contribution in [0.25, 0.3) is 22.0 Å². The van der Waals surface area contributed by atoms with Crippen LogP contribution in [0.4, 0.5) is 14.6 Å². The molecule has 1 aliphatic rings. The van der Waals surface area contributed by atoms with Gasteiger partial charge >= 0.3 is 0 Å². The van der Waals surface area contributed by atoms with E-state index in [1.807, 2.05) is 12.1 Å². The molecule has 5 nitrogen and oxygen atoms in total. The van der Waals surface area contributed by atoms with Crippen molar-refractivity contribution in [2.24, 2.45) is 0 Å². The Morgan fingerprint density at radius 3 is 2.45 bits per heavy atom. The van der Waals surface area contributed by atoms with Gasteiger partial charge in [-0.1, -0.05) is 6.07 Å². The minimum atomic E-state index is -1.24. The van der Waals surface area contributed by atoms with Gasteiger partial charge in [0.05, 0.1) is 5.52 Å². The van der Waals surface area contributed by atoms with Crippen molar-refractivity contribution in [3.8, 4) is 16.9 Å². The van der Waals surface area contributed by atoms with Gasteiger partial charge in [0.1, 0.15) is 12.1 Å². The summed E-state index contributed by atoms with van der Waals surface area (Å²) in [6.07, 6.45) is 5.91. The van der Waals surface area contributed by atoms with Gasteiger partial charge in [0.15, 0.2) is 17.4 Å². The Morgan fingerprint density at radius 1 is 1.00 bits per heavy atom. The number of anilines is 1. The molecule has 4 rings (SSSR count). The highest BCUT2D eigenvalue weighted by Crippen LogP contribution is 2.32. The fourth-order valence-corrected chi connectivity index (χ4v) is 4.02. The van der Waals surface area contributed by atoms with Crippen molar-refractivity contribution in [1.29, 1.82) is 0 Å². The second-order valence-electron chi connectivity index (χ2n) is 7.86. The van der Waals surface area contributed by atoms with E-state index in [9.17, 15) is 13.9 Å². The van der Waals surface area contributed by atoms with Crippen LogP contribution in [0.1, 0.15) is 25.7 Å². The van der Waals surface area contributed by atoms with E-state index >= 15 is 0 Å². The van der Waals surface area contributed by atoms with Crippen LogP contribution in [0, 0.1) is 11.6 Å². The molecule has 1 fully saturated rings. The number of phenolic OH excluding ortho intramolecular Hbond substituents is 1. The molecule has 0 amide bonds. The average Bonchev–Trinajstić information content (AvgIpc) is 2.72. The van der Waals surface area contributed by atoms with Gasteiger partial charge in [0, 0.05) is 17.5 Å². The predicted octanol–water partition coefficient (Wildman–Crippen LogP) is 4.57. The van der Waals surface area contributed by atoms with Crippen LogP contribution < -0.4 is 5.32 Å². The Bertz CT molecular complexity index is 1010. The Kier molecular flexibility index (Phi) is 5.32. The van der Waals surface area contributed by atoms with Crippen molar-refractivity contribution in [3.05, 3.63) is 48.3 Å². The Labute approximate surface area is 168 Å². The van der Waals surface area contributed by atoms with Crippen LogP contribution in [-0.4, -0.2) is 46.2 Å². The van der Waals surface area contributed by atoms with Gasteiger partial charge in [-0.05, 0) is 75.2 Å². The van der Waals surface area contributed by atoms with Crippen LogP contribution in [0.15, 0.2) is 36.7 Å². The van der Waals surface area contributed by atoms with E-state index in [2.05, 4.69) is 34.3 Å². The molecule has 0 atom stereocenters. The van der Waals surface area contributed by atoms with E-state index < -0.39 is 17.4 Å². The SMILES string of the molecule is CN(C)[C@H]1CC[C@H](Nc2ncnc3ccc(-c4cc(O)c(F)c(F)c4)cc23)CC1. The van der Waals surface area contributed by atoms with Crippen molar-refractivity contribution >= 4 is 16.7 Å². The summed E-state index contributed by atoms with van der Waals surface area (Å²) in [6, 6.07) is 8.68. The Morgan fingerprint density at radius 2 is 1.76 bits per heavy atom. The van der Waals surface area contributed by atoms with Gasteiger partial charge < -0.3 is 15.3 Å². The molecule has 0 saturated heterocycles. The number of aromatic hydroxyl groups is 1. The fourth-order valence-electron chi connectivity index (χ4n) is 4.02. The van der Waals surface area contributed by atoms with Crippen LogP contribution in [0.2, 0.25) is 0 Å². The smallest absolute Gasteiger partial charge is 0.200 e. The monoisotopic (exact) mass is 398 g/mol. The molecular formula is C22H24F2N4O. The molecule has 0 spiro atoms. The molecule has 1 saturated carbocycles. The molecule has 2 aromatic carbocycles. The van der Waals surface area contributed by atoms with Crippen molar-refractivity contribution < 1.29 is 13.9 Å². The predicted molar refractivity (Wildman–Crippen MR) is 110 cm³/mol. The van der Waals surface area contributed by atoms with E-state index in [4.69, 9.17) is 0 Å². The quantitative estimate of drug-likeness (QED) is 0.674. The molecule has 0 radical (unpaired) electrons. The first-order valence-corrected chi connectivity index (χ1v) is 9.78. The molecule has 0 aliphatic heterocycles. The lowest BCUT2D eigenvalue weighted by molar-refractivity contribution is 0.221. The van der Waals surface area contributed by atoms with Gasteiger partial charge in [-0.15, -0.1) is 0 Å². The molecule has 152 valence electrons. The van der Waals surface area contributed by atoms with Crippen LogP contribution >= 0.6 is 0 Å². The van der Waals surface area contributed by atoms with E-state index in [-0.39, 0.29) is 0 Å². The minimum Gasteiger partial charge on any atom is -0.505 e. The summed E-state index contributed by atoms with van der Waals surface area (Å²) in [7, 11) is 4.24. The molecule has 2 N–H and O–H groups in total. The third-order valence-electron chi connectivity index (χ3n) is 5.75. The molecule has 0 unspecified atom stereocenters. The van der Waals surface area contributed by atoms with Gasteiger partial charge in [-0.2, -0.15) is 4.39 Å². The molecule has 1 heterocycles. The highest BCUT2D eigenvalue weighted by Gasteiger charge is 2.23. The maximum atomic E-state index is 13.7. The number of hydrogen-bond acceptors (Lipinski definition) is 5. The molecule has 1 aromatic heterocycles. The second kappa shape index (κ2) is 7.91. The fraction of sp³-hybridized carbons (Fsp3) is 0.364. The number of halogens is 2. The normalized spacial score (nSPS) is 19.6. The minimum absolute atomic E-state index is 0.334. The molecular weight excluding hydrogens is 374 g/mol. The molecule has 29 heavy (non-hydrogen) atoms. The second-order valence-corrected chi connectivity index (χ2v) is 7.86. The maximum absolute atomic E-state index is 13.7. The van der Waals surface area contributed by atoms with E-state index in [0.717, 1.165) is 48.5 Å². The number of benzene rings is 2. The van der Waals surface area contributed by atoms with Gasteiger partial charge in [-0.3, -0.25) is 0 Å². The highest BCUT2D eigenvalue weighted by molar-refractivity contribution is 5.92. The summed E-state index contributed by atoms with van der Waals surface area (Å²) >= 11 is 0. The average molecular weight is 398 g/mol. The standard InChI is InChI=1S/C22H24F2N4O/c1-28(2)16-6-4-15(5-7-16)27-22-17-9-13(3-8-19(17)25-12-26-22)14-10-18(23)21(24)20(29)11-14/h3,8-12,15-16,29H,4-7H2,1-2H3,(H,25,26,27)/t15-,16-. The lowest BCUT2D eigenvalue weighted by Crippen LogP contribution is -2.36. The third-order valence-corrected chi connectivity index (χ3v) is 5.75. The van der Waals surface area contributed by atoms with E-state index in [1.54, 1.807) is 6.07 Å². The van der Waals surface area contributed by atoms with Crippen LogP contribution in [0.5, 0.6) is 5.75 Å². The Balaban J connectivity index is 1.63. The maximum Gasteiger partial charge on any atom is 0.200 e. The largest absolute Gasteiger partial charge is 0.505 e. The van der Waals surface area contributed by atoms with Crippen molar-refractivity contribution in [3.63, 3.8) is 0 Å². The van der Waals surface area contributed by atoms with Gasteiger partial charge in [0.2, 0.25) is 0 Å². The lowest BCUT2D eigenvalue weighted by Gasteiger charge is -2.33. The number of phenols is 1. The zero-order valence-corrected chi connectivity index (χ0v) is 16.5. The molecule has 3 aromatic rings.